The molecule has 5 heteroatoms. The monoisotopic (exact) mass is 324 g/mol. The van der Waals surface area contributed by atoms with Gasteiger partial charge in [0.1, 0.15) is 0 Å². The number of hydrogen-bond donors (Lipinski definition) is 2. The number of carbonyl (C=O) groups excluding carboxylic acids is 1. The Morgan fingerprint density at radius 2 is 1.74 bits per heavy atom. The lowest BCUT2D eigenvalue weighted by Gasteiger charge is -2.25. The molecular weight excluding hydrogens is 288 g/mol. The van der Waals surface area contributed by atoms with Crippen molar-refractivity contribution in [2.45, 2.75) is 66.2 Å². The quantitative estimate of drug-likeness (QED) is 0.506. The Morgan fingerprint density at radius 3 is 2.26 bits per heavy atom. The largest absolute Gasteiger partial charge is 0.357 e. The molecule has 1 amide bonds. The van der Waals surface area contributed by atoms with Crippen LogP contribution in [0.15, 0.2) is 4.99 Å². The van der Waals surface area contributed by atoms with Gasteiger partial charge in [0.25, 0.3) is 0 Å². The van der Waals surface area contributed by atoms with Crippen molar-refractivity contribution in [1.29, 1.82) is 0 Å². The molecule has 0 unspecified atom stereocenters. The maximum absolute atomic E-state index is 12.0. The molecule has 0 radical (unpaired) electrons. The van der Waals surface area contributed by atoms with E-state index in [4.69, 9.17) is 4.99 Å². The van der Waals surface area contributed by atoms with E-state index in [0.29, 0.717) is 18.4 Å². The van der Waals surface area contributed by atoms with Crippen molar-refractivity contribution in [3.8, 4) is 0 Å². The number of aliphatic imine (C=N–C) groups is 1. The van der Waals surface area contributed by atoms with Crippen LogP contribution in [0.5, 0.6) is 0 Å². The lowest BCUT2D eigenvalue weighted by atomic mass is 9.84. The maximum Gasteiger partial charge on any atom is 0.224 e. The van der Waals surface area contributed by atoms with Gasteiger partial charge in [-0.05, 0) is 45.4 Å². The van der Waals surface area contributed by atoms with Gasteiger partial charge in [-0.3, -0.25) is 9.79 Å². The summed E-state index contributed by atoms with van der Waals surface area (Å²) in [5.74, 6) is 1.05. The second-order valence-corrected chi connectivity index (χ2v) is 6.50. The minimum absolute atomic E-state index is 0.208. The van der Waals surface area contributed by atoms with Crippen molar-refractivity contribution in [2.24, 2.45) is 10.4 Å². The number of carbonyl (C=O) groups is 1. The van der Waals surface area contributed by atoms with Crippen LogP contribution in [0.3, 0.4) is 0 Å². The summed E-state index contributed by atoms with van der Waals surface area (Å²) in [5, 5.41) is 6.60. The van der Waals surface area contributed by atoms with Crippen molar-refractivity contribution < 1.29 is 4.79 Å². The van der Waals surface area contributed by atoms with Crippen LogP contribution in [-0.4, -0.2) is 49.5 Å². The third kappa shape index (κ3) is 6.40. The molecule has 0 heterocycles. The number of rotatable bonds is 9. The molecular formula is C18H36N4O. The van der Waals surface area contributed by atoms with Gasteiger partial charge < -0.3 is 15.5 Å². The summed E-state index contributed by atoms with van der Waals surface area (Å²) in [7, 11) is 0. The second kappa shape index (κ2) is 10.5. The third-order valence-electron chi connectivity index (χ3n) is 5.08. The van der Waals surface area contributed by atoms with E-state index >= 15 is 0 Å². The van der Waals surface area contributed by atoms with E-state index in [-0.39, 0.29) is 5.91 Å². The fraction of sp³-hybridized carbons (Fsp3) is 0.889. The Kier molecular flexibility index (Phi) is 9.03. The van der Waals surface area contributed by atoms with Crippen molar-refractivity contribution in [3.05, 3.63) is 0 Å². The fourth-order valence-electron chi connectivity index (χ4n) is 3.36. The van der Waals surface area contributed by atoms with E-state index in [1.54, 1.807) is 0 Å². The molecule has 1 aliphatic carbocycles. The van der Waals surface area contributed by atoms with Gasteiger partial charge in [0.05, 0.1) is 0 Å². The highest BCUT2D eigenvalue weighted by atomic mass is 16.2. The molecule has 2 N–H and O–H groups in total. The lowest BCUT2D eigenvalue weighted by molar-refractivity contribution is -0.130. The highest BCUT2D eigenvalue weighted by Crippen LogP contribution is 2.41. The summed E-state index contributed by atoms with van der Waals surface area (Å²) in [6.45, 7) is 12.3. The van der Waals surface area contributed by atoms with Crippen molar-refractivity contribution in [3.63, 3.8) is 0 Å². The van der Waals surface area contributed by atoms with Crippen LogP contribution in [0.2, 0.25) is 0 Å². The summed E-state index contributed by atoms with van der Waals surface area (Å²) >= 11 is 0. The predicted octanol–water partition coefficient (Wildman–Crippen LogP) is 2.77. The Balaban J connectivity index is 2.48. The van der Waals surface area contributed by atoms with Crippen LogP contribution in [0, 0.1) is 5.41 Å². The van der Waals surface area contributed by atoms with Gasteiger partial charge in [0.2, 0.25) is 5.91 Å². The van der Waals surface area contributed by atoms with Gasteiger partial charge in [-0.25, -0.2) is 0 Å². The van der Waals surface area contributed by atoms with Crippen LogP contribution in [0.1, 0.15) is 66.2 Å². The molecule has 0 aromatic carbocycles. The van der Waals surface area contributed by atoms with Crippen molar-refractivity contribution in [2.75, 3.05) is 32.7 Å². The average molecular weight is 325 g/mol. The molecule has 0 spiro atoms. The van der Waals surface area contributed by atoms with Crippen LogP contribution in [-0.2, 0) is 4.79 Å². The average Bonchev–Trinajstić information content (AvgIpc) is 3.03. The summed E-state index contributed by atoms with van der Waals surface area (Å²) < 4.78 is 0. The summed E-state index contributed by atoms with van der Waals surface area (Å²) in [6.07, 6.45) is 7.00. The zero-order chi connectivity index (χ0) is 17.1. The topological polar surface area (TPSA) is 56.7 Å². The molecule has 0 atom stereocenters. The van der Waals surface area contributed by atoms with Gasteiger partial charge in [-0.2, -0.15) is 0 Å². The molecule has 23 heavy (non-hydrogen) atoms. The van der Waals surface area contributed by atoms with Crippen LogP contribution in [0.4, 0.5) is 0 Å². The number of hydrogen-bond acceptors (Lipinski definition) is 2. The summed E-state index contributed by atoms with van der Waals surface area (Å²) in [5.41, 5.74) is 0.402. The van der Waals surface area contributed by atoms with Gasteiger partial charge in [0, 0.05) is 39.1 Å². The SMILES string of the molecule is CCNC(=NCC1(CC)CCCC1)NCCC(=O)N(CC)CC. The first-order chi connectivity index (χ1) is 11.1. The van der Waals surface area contributed by atoms with Crippen molar-refractivity contribution in [1.82, 2.24) is 15.5 Å². The van der Waals surface area contributed by atoms with E-state index in [0.717, 1.165) is 32.1 Å². The van der Waals surface area contributed by atoms with Crippen LogP contribution in [0.25, 0.3) is 0 Å². The Morgan fingerprint density at radius 1 is 1.09 bits per heavy atom. The molecule has 0 bridgehead atoms. The van der Waals surface area contributed by atoms with Gasteiger partial charge in [-0.15, -0.1) is 0 Å². The molecule has 1 saturated carbocycles. The van der Waals surface area contributed by atoms with Crippen LogP contribution < -0.4 is 10.6 Å². The maximum atomic E-state index is 12.0. The van der Waals surface area contributed by atoms with Gasteiger partial charge >= 0.3 is 0 Å². The smallest absolute Gasteiger partial charge is 0.224 e. The predicted molar refractivity (Wildman–Crippen MR) is 97.7 cm³/mol. The molecule has 1 aliphatic rings. The highest BCUT2D eigenvalue weighted by Gasteiger charge is 2.31. The highest BCUT2D eigenvalue weighted by molar-refractivity contribution is 5.81. The zero-order valence-electron chi connectivity index (χ0n) is 15.6. The Bertz CT molecular complexity index is 371. The molecule has 0 aliphatic heterocycles. The molecule has 0 aromatic rings. The lowest BCUT2D eigenvalue weighted by Crippen LogP contribution is -2.40. The molecule has 0 saturated heterocycles. The van der Waals surface area contributed by atoms with Gasteiger partial charge in [-0.1, -0.05) is 19.8 Å². The molecule has 0 aromatic heterocycles. The van der Waals surface area contributed by atoms with Crippen LogP contribution >= 0.6 is 0 Å². The summed E-state index contributed by atoms with van der Waals surface area (Å²) in [6, 6.07) is 0. The third-order valence-corrected chi connectivity index (χ3v) is 5.08. The normalized spacial score (nSPS) is 17.1. The molecule has 5 nitrogen and oxygen atoms in total. The first kappa shape index (κ1) is 19.8. The first-order valence-electron chi connectivity index (χ1n) is 9.40. The van der Waals surface area contributed by atoms with E-state index in [1.165, 1.54) is 32.1 Å². The van der Waals surface area contributed by atoms with Gasteiger partial charge in [0.15, 0.2) is 5.96 Å². The number of guanidine groups is 1. The molecule has 1 fully saturated rings. The minimum Gasteiger partial charge on any atom is -0.357 e. The van der Waals surface area contributed by atoms with E-state index in [2.05, 4.69) is 24.5 Å². The second-order valence-electron chi connectivity index (χ2n) is 6.50. The van der Waals surface area contributed by atoms with E-state index < -0.39 is 0 Å². The fourth-order valence-corrected chi connectivity index (χ4v) is 3.36. The minimum atomic E-state index is 0.208. The molecule has 1 rings (SSSR count). The Hall–Kier alpha value is -1.26. The number of amides is 1. The number of nitrogens with one attached hydrogen (secondary N) is 2. The first-order valence-corrected chi connectivity index (χ1v) is 9.40. The zero-order valence-corrected chi connectivity index (χ0v) is 15.6. The standard InChI is InChI=1S/C18H36N4O/c1-5-18(12-9-10-13-18)15-21-17(19-6-2)20-14-11-16(23)22(7-3)8-4/h5-15H2,1-4H3,(H2,19,20,21). The summed E-state index contributed by atoms with van der Waals surface area (Å²) in [4.78, 5) is 18.7. The number of nitrogens with zero attached hydrogens (tertiary/aromatic N) is 2. The van der Waals surface area contributed by atoms with Crippen molar-refractivity contribution >= 4 is 11.9 Å². The van der Waals surface area contributed by atoms with E-state index in [1.807, 2.05) is 18.7 Å². The van der Waals surface area contributed by atoms with E-state index in [9.17, 15) is 4.79 Å². The molecule has 134 valence electrons. The Labute approximate surface area is 142 Å².